The van der Waals surface area contributed by atoms with Crippen LogP contribution in [0, 0.1) is 5.92 Å². The molecule has 1 aromatic rings. The molecule has 9 heteroatoms. The van der Waals surface area contributed by atoms with Gasteiger partial charge in [0.2, 0.25) is 0 Å². The molecule has 23 heavy (non-hydrogen) atoms. The zero-order valence-corrected chi connectivity index (χ0v) is 16.1. The van der Waals surface area contributed by atoms with Gasteiger partial charge in [-0.1, -0.05) is 18.2 Å². The molecule has 1 aromatic carbocycles. The molecule has 0 aliphatic rings. The third-order valence-electron chi connectivity index (χ3n) is 2.81. The average molecular weight is 352 g/mol. The summed E-state index contributed by atoms with van der Waals surface area (Å²) >= 11 is 0. The molecule has 1 rings (SSSR count). The number of benzene rings is 1. The zero-order valence-electron chi connectivity index (χ0n) is 13.3. The number of hydrogen-bond donors (Lipinski definition) is 0. The minimum Gasteiger partial charge on any atom is -0.744 e. The first-order valence-electron chi connectivity index (χ1n) is 6.68. The fourth-order valence-corrected chi connectivity index (χ4v) is 2.60. The maximum absolute atomic E-state index is 11.9. The molecule has 122 valence electrons. The van der Waals surface area contributed by atoms with Gasteiger partial charge in [0.25, 0.3) is 0 Å². The largest absolute Gasteiger partial charge is 1.00 e. The molecule has 7 nitrogen and oxygen atoms in total. The van der Waals surface area contributed by atoms with Crippen LogP contribution in [0.5, 0.6) is 0 Å². The second-order valence-corrected chi connectivity index (χ2v) is 5.67. The normalized spacial score (nSPS) is 10.8. The Bertz CT molecular complexity index is 624. The van der Waals surface area contributed by atoms with E-state index in [1.165, 1.54) is 18.2 Å². The number of rotatable bonds is 7. The molecule has 0 unspecified atom stereocenters. The molecule has 0 atom stereocenters. The fourth-order valence-electron chi connectivity index (χ4n) is 1.88. The van der Waals surface area contributed by atoms with Crippen LogP contribution in [0.3, 0.4) is 0 Å². The molecule has 0 fully saturated rings. The maximum atomic E-state index is 11.9. The molecule has 0 radical (unpaired) electrons. The summed E-state index contributed by atoms with van der Waals surface area (Å²) in [5.74, 6) is -2.96. The fraction of sp³-hybridized carbons (Fsp3) is 0.429. The summed E-state index contributed by atoms with van der Waals surface area (Å²) in [6.07, 6.45) is -0.282. The molecule has 0 amide bonds. The van der Waals surface area contributed by atoms with Crippen molar-refractivity contribution in [2.24, 2.45) is 5.92 Å². The Labute approximate surface area is 157 Å². The van der Waals surface area contributed by atoms with Crippen LogP contribution in [0.25, 0.3) is 0 Å². The molecule has 0 bridgehead atoms. The number of ether oxygens (including phenoxy) is 2. The average Bonchev–Trinajstić information content (AvgIpc) is 2.44. The van der Waals surface area contributed by atoms with Crippen molar-refractivity contribution < 1.29 is 61.6 Å². The Balaban J connectivity index is 0.00000484. The SMILES string of the molecule is CCOC(=O)C(Cc1ccccc1S(=O)(=O)[O-])C(=O)OCC.[Na+]. The zero-order chi connectivity index (χ0) is 16.8. The third-order valence-corrected chi connectivity index (χ3v) is 3.75. The van der Waals surface area contributed by atoms with Crippen LogP contribution >= 0.6 is 0 Å². The van der Waals surface area contributed by atoms with E-state index < -0.39 is 32.9 Å². The van der Waals surface area contributed by atoms with E-state index in [9.17, 15) is 22.6 Å². The first-order valence-corrected chi connectivity index (χ1v) is 8.09. The summed E-state index contributed by atoms with van der Waals surface area (Å²) in [4.78, 5) is 23.3. The summed E-state index contributed by atoms with van der Waals surface area (Å²) in [5.41, 5.74) is 0.0728. The minimum absolute atomic E-state index is 0. The van der Waals surface area contributed by atoms with Gasteiger partial charge in [-0.3, -0.25) is 9.59 Å². The number of esters is 2. The van der Waals surface area contributed by atoms with Crippen molar-refractivity contribution in [1.29, 1.82) is 0 Å². The van der Waals surface area contributed by atoms with E-state index in [1.807, 2.05) is 0 Å². The van der Waals surface area contributed by atoms with E-state index >= 15 is 0 Å². The molecule has 0 saturated carbocycles. The quantitative estimate of drug-likeness (QED) is 0.239. The van der Waals surface area contributed by atoms with Gasteiger partial charge >= 0.3 is 41.5 Å². The molecule has 0 heterocycles. The number of hydrogen-bond acceptors (Lipinski definition) is 7. The third kappa shape index (κ3) is 6.60. The van der Waals surface area contributed by atoms with Crippen molar-refractivity contribution in [1.82, 2.24) is 0 Å². The summed E-state index contributed by atoms with van der Waals surface area (Å²) < 4.78 is 43.3. The summed E-state index contributed by atoms with van der Waals surface area (Å²) in [6.45, 7) is 3.29. The van der Waals surface area contributed by atoms with Crippen molar-refractivity contribution >= 4 is 22.1 Å². The Hall–Kier alpha value is -0.930. The van der Waals surface area contributed by atoms with Crippen molar-refractivity contribution in [3.63, 3.8) is 0 Å². The summed E-state index contributed by atoms with van der Waals surface area (Å²) in [6, 6.07) is 5.40. The first-order chi connectivity index (χ1) is 10.3. The molecular weight excluding hydrogens is 335 g/mol. The molecular formula is C14H17NaO7S. The Kier molecular flexibility index (Phi) is 9.64. The maximum Gasteiger partial charge on any atom is 1.00 e. The Morgan fingerprint density at radius 1 is 1.09 bits per heavy atom. The number of carbonyl (C=O) groups is 2. The van der Waals surface area contributed by atoms with Gasteiger partial charge in [0.05, 0.1) is 18.1 Å². The predicted octanol–water partition coefficient (Wildman–Crippen LogP) is -2.12. The van der Waals surface area contributed by atoms with Crippen molar-refractivity contribution in [3.8, 4) is 0 Å². The molecule has 0 aliphatic carbocycles. The molecule has 0 spiro atoms. The molecule has 0 aliphatic heterocycles. The van der Waals surface area contributed by atoms with Gasteiger partial charge in [0, 0.05) is 0 Å². The van der Waals surface area contributed by atoms with E-state index in [-0.39, 0.29) is 54.8 Å². The van der Waals surface area contributed by atoms with E-state index in [1.54, 1.807) is 13.8 Å². The van der Waals surface area contributed by atoms with Crippen LogP contribution in [0.1, 0.15) is 19.4 Å². The first kappa shape index (κ1) is 22.1. The van der Waals surface area contributed by atoms with Crippen LogP contribution in [-0.2, 0) is 35.6 Å². The van der Waals surface area contributed by atoms with Crippen molar-refractivity contribution in [2.75, 3.05) is 13.2 Å². The standard InChI is InChI=1S/C14H18O7S.Na/c1-3-20-13(15)11(14(16)21-4-2)9-10-7-5-6-8-12(10)22(17,18)19;/h5-8,11H,3-4,9H2,1-2H3,(H,17,18,19);/q;+1/p-1. The molecule has 0 N–H and O–H groups in total. The van der Waals surface area contributed by atoms with E-state index in [0.29, 0.717) is 0 Å². The molecule has 0 saturated heterocycles. The van der Waals surface area contributed by atoms with Gasteiger partial charge in [-0.05, 0) is 31.9 Å². The second-order valence-electron chi connectivity index (χ2n) is 4.32. The van der Waals surface area contributed by atoms with Gasteiger partial charge in [0.15, 0.2) is 5.92 Å². The van der Waals surface area contributed by atoms with Crippen LogP contribution in [0.15, 0.2) is 29.2 Å². The molecule has 0 aromatic heterocycles. The van der Waals surface area contributed by atoms with Gasteiger partial charge in [-0.25, -0.2) is 8.42 Å². The van der Waals surface area contributed by atoms with Crippen LogP contribution in [-0.4, -0.2) is 38.1 Å². The predicted molar refractivity (Wildman–Crippen MR) is 74.9 cm³/mol. The topological polar surface area (TPSA) is 110 Å². The summed E-state index contributed by atoms with van der Waals surface area (Å²) in [5, 5.41) is 0. The van der Waals surface area contributed by atoms with Gasteiger partial charge in [0.1, 0.15) is 10.1 Å². The van der Waals surface area contributed by atoms with Crippen LogP contribution in [0.2, 0.25) is 0 Å². The summed E-state index contributed by atoms with van der Waals surface area (Å²) in [7, 11) is -4.71. The monoisotopic (exact) mass is 352 g/mol. The van der Waals surface area contributed by atoms with E-state index in [4.69, 9.17) is 9.47 Å². The van der Waals surface area contributed by atoms with Gasteiger partial charge in [-0.2, -0.15) is 0 Å². The van der Waals surface area contributed by atoms with Crippen LogP contribution in [0.4, 0.5) is 0 Å². The van der Waals surface area contributed by atoms with Crippen molar-refractivity contribution in [2.45, 2.75) is 25.2 Å². The van der Waals surface area contributed by atoms with Crippen LogP contribution < -0.4 is 29.6 Å². The Morgan fingerprint density at radius 2 is 1.57 bits per heavy atom. The second kappa shape index (κ2) is 10.0. The smallest absolute Gasteiger partial charge is 0.744 e. The van der Waals surface area contributed by atoms with E-state index in [2.05, 4.69) is 0 Å². The van der Waals surface area contributed by atoms with Gasteiger partial charge < -0.3 is 14.0 Å². The van der Waals surface area contributed by atoms with E-state index in [0.717, 1.165) is 6.07 Å². The Morgan fingerprint density at radius 3 is 2.00 bits per heavy atom. The van der Waals surface area contributed by atoms with Crippen molar-refractivity contribution in [3.05, 3.63) is 29.8 Å². The van der Waals surface area contributed by atoms with Gasteiger partial charge in [-0.15, -0.1) is 0 Å². The number of carbonyl (C=O) groups excluding carboxylic acids is 2. The minimum atomic E-state index is -4.71.